The summed E-state index contributed by atoms with van der Waals surface area (Å²) >= 11 is 0. The van der Waals surface area contributed by atoms with E-state index in [1.807, 2.05) is 16.8 Å². The Kier molecular flexibility index (Phi) is 3.53. The molecule has 0 aliphatic carbocycles. The molecule has 17 heavy (non-hydrogen) atoms. The van der Waals surface area contributed by atoms with E-state index in [4.69, 9.17) is 5.73 Å². The molecule has 0 fully saturated rings. The number of hydrogen-bond donors (Lipinski definition) is 1. The highest BCUT2D eigenvalue weighted by Crippen LogP contribution is 2.10. The Morgan fingerprint density at radius 1 is 1.35 bits per heavy atom. The van der Waals surface area contributed by atoms with Crippen molar-refractivity contribution in [2.45, 2.75) is 6.54 Å². The first kappa shape index (κ1) is 11.4. The SMILES string of the molecule is NCC#Cc1cc(F)cc(Cn2ccnc2)c1. The molecule has 1 heterocycles. The minimum atomic E-state index is -0.288. The van der Waals surface area contributed by atoms with Crippen LogP contribution >= 0.6 is 0 Å². The molecule has 0 spiro atoms. The van der Waals surface area contributed by atoms with E-state index in [1.54, 1.807) is 12.5 Å². The first-order valence-corrected chi connectivity index (χ1v) is 5.22. The van der Waals surface area contributed by atoms with E-state index in [2.05, 4.69) is 16.8 Å². The fourth-order valence-corrected chi connectivity index (χ4v) is 1.56. The van der Waals surface area contributed by atoms with Gasteiger partial charge in [0.15, 0.2) is 0 Å². The predicted octanol–water partition coefficient (Wildman–Crippen LogP) is 1.38. The van der Waals surface area contributed by atoms with Crippen molar-refractivity contribution in [3.05, 3.63) is 53.9 Å². The fraction of sp³-hybridized carbons (Fsp3) is 0.154. The number of hydrogen-bond acceptors (Lipinski definition) is 2. The van der Waals surface area contributed by atoms with E-state index in [1.165, 1.54) is 12.1 Å². The predicted molar refractivity (Wildman–Crippen MR) is 63.7 cm³/mol. The Bertz CT molecular complexity index is 550. The molecule has 0 radical (unpaired) electrons. The Hall–Kier alpha value is -2.12. The van der Waals surface area contributed by atoms with Gasteiger partial charge in [0.05, 0.1) is 12.9 Å². The molecule has 1 aromatic heterocycles. The Labute approximate surface area is 99.1 Å². The van der Waals surface area contributed by atoms with Gasteiger partial charge in [-0.3, -0.25) is 0 Å². The molecule has 2 N–H and O–H groups in total. The van der Waals surface area contributed by atoms with Gasteiger partial charge in [-0.15, -0.1) is 0 Å². The first-order valence-electron chi connectivity index (χ1n) is 5.22. The lowest BCUT2D eigenvalue weighted by Gasteiger charge is -2.03. The second-order valence-electron chi connectivity index (χ2n) is 3.59. The Morgan fingerprint density at radius 2 is 2.24 bits per heavy atom. The monoisotopic (exact) mass is 229 g/mol. The molecule has 0 saturated heterocycles. The third-order valence-corrected chi connectivity index (χ3v) is 2.22. The van der Waals surface area contributed by atoms with E-state index in [0.717, 1.165) is 5.56 Å². The first-order chi connectivity index (χ1) is 8.28. The summed E-state index contributed by atoms with van der Waals surface area (Å²) in [5, 5.41) is 0. The smallest absolute Gasteiger partial charge is 0.124 e. The van der Waals surface area contributed by atoms with Crippen molar-refractivity contribution < 1.29 is 4.39 Å². The zero-order valence-electron chi connectivity index (χ0n) is 9.23. The van der Waals surface area contributed by atoms with E-state index in [-0.39, 0.29) is 12.4 Å². The van der Waals surface area contributed by atoms with Gasteiger partial charge in [0.2, 0.25) is 0 Å². The second kappa shape index (κ2) is 5.28. The minimum Gasteiger partial charge on any atom is -0.333 e. The maximum Gasteiger partial charge on any atom is 0.124 e. The Balaban J connectivity index is 2.25. The standard InChI is InChI=1S/C13H12FN3/c14-13-7-11(2-1-3-15)6-12(8-13)9-17-5-4-16-10-17/h4-8,10H,3,9,15H2. The summed E-state index contributed by atoms with van der Waals surface area (Å²) in [5.41, 5.74) is 6.78. The molecular formula is C13H12FN3. The summed E-state index contributed by atoms with van der Waals surface area (Å²) in [5.74, 6) is 5.25. The summed E-state index contributed by atoms with van der Waals surface area (Å²) in [6, 6.07) is 4.75. The number of nitrogens with two attached hydrogens (primary N) is 1. The average molecular weight is 229 g/mol. The molecule has 0 aliphatic rings. The zero-order chi connectivity index (χ0) is 12.1. The van der Waals surface area contributed by atoms with Crippen LogP contribution in [0.4, 0.5) is 4.39 Å². The molecule has 0 bridgehead atoms. The molecule has 0 amide bonds. The molecule has 1 aromatic carbocycles. The van der Waals surface area contributed by atoms with E-state index < -0.39 is 0 Å². The largest absolute Gasteiger partial charge is 0.333 e. The van der Waals surface area contributed by atoms with Crippen LogP contribution in [0.3, 0.4) is 0 Å². The Morgan fingerprint density at radius 3 is 2.94 bits per heavy atom. The van der Waals surface area contributed by atoms with Gasteiger partial charge in [0.1, 0.15) is 5.82 Å². The lowest BCUT2D eigenvalue weighted by molar-refractivity contribution is 0.623. The maximum absolute atomic E-state index is 13.4. The fourth-order valence-electron chi connectivity index (χ4n) is 1.56. The van der Waals surface area contributed by atoms with Crippen molar-refractivity contribution in [2.24, 2.45) is 5.73 Å². The van der Waals surface area contributed by atoms with E-state index in [9.17, 15) is 4.39 Å². The molecule has 2 rings (SSSR count). The number of halogens is 1. The highest BCUT2D eigenvalue weighted by Gasteiger charge is 2.00. The second-order valence-corrected chi connectivity index (χ2v) is 3.59. The van der Waals surface area contributed by atoms with Gasteiger partial charge >= 0.3 is 0 Å². The molecule has 86 valence electrons. The zero-order valence-corrected chi connectivity index (χ0v) is 9.23. The molecule has 3 nitrogen and oxygen atoms in total. The number of rotatable bonds is 2. The molecule has 0 atom stereocenters. The van der Waals surface area contributed by atoms with Crippen molar-refractivity contribution in [2.75, 3.05) is 6.54 Å². The van der Waals surface area contributed by atoms with Crippen molar-refractivity contribution in [1.82, 2.24) is 9.55 Å². The van der Waals surface area contributed by atoms with Gasteiger partial charge < -0.3 is 10.3 Å². The summed E-state index contributed by atoms with van der Waals surface area (Å²) in [6.07, 6.45) is 5.21. The van der Waals surface area contributed by atoms with Gasteiger partial charge in [-0.25, -0.2) is 9.37 Å². The summed E-state index contributed by atoms with van der Waals surface area (Å²) < 4.78 is 15.2. The van der Waals surface area contributed by atoms with Gasteiger partial charge in [-0.05, 0) is 23.8 Å². The molecule has 0 unspecified atom stereocenters. The van der Waals surface area contributed by atoms with E-state index in [0.29, 0.717) is 12.1 Å². The lowest BCUT2D eigenvalue weighted by Crippen LogP contribution is -1.98. The minimum absolute atomic E-state index is 0.271. The highest BCUT2D eigenvalue weighted by atomic mass is 19.1. The van der Waals surface area contributed by atoms with Crippen molar-refractivity contribution in [3.63, 3.8) is 0 Å². The average Bonchev–Trinajstić information content (AvgIpc) is 2.78. The maximum atomic E-state index is 13.4. The number of imidazole rings is 1. The number of aromatic nitrogens is 2. The van der Waals surface area contributed by atoms with Crippen LogP contribution < -0.4 is 5.73 Å². The lowest BCUT2D eigenvalue weighted by atomic mass is 10.1. The highest BCUT2D eigenvalue weighted by molar-refractivity contribution is 5.38. The third-order valence-electron chi connectivity index (χ3n) is 2.22. The molecule has 2 aromatic rings. The van der Waals surface area contributed by atoms with Crippen LogP contribution in [0.1, 0.15) is 11.1 Å². The van der Waals surface area contributed by atoms with Crippen LogP contribution in [0.2, 0.25) is 0 Å². The molecule has 0 aliphatic heterocycles. The van der Waals surface area contributed by atoms with Gasteiger partial charge in [0, 0.05) is 24.5 Å². The number of benzene rings is 1. The summed E-state index contributed by atoms with van der Waals surface area (Å²) in [7, 11) is 0. The number of nitrogens with zero attached hydrogens (tertiary/aromatic N) is 2. The molecular weight excluding hydrogens is 217 g/mol. The van der Waals surface area contributed by atoms with Gasteiger partial charge in [0.25, 0.3) is 0 Å². The van der Waals surface area contributed by atoms with Crippen LogP contribution in [0.5, 0.6) is 0 Å². The van der Waals surface area contributed by atoms with Gasteiger partial charge in [-0.1, -0.05) is 11.8 Å². The normalized spacial score (nSPS) is 9.76. The van der Waals surface area contributed by atoms with Crippen molar-refractivity contribution in [3.8, 4) is 11.8 Å². The van der Waals surface area contributed by atoms with Crippen LogP contribution in [0.25, 0.3) is 0 Å². The van der Waals surface area contributed by atoms with Gasteiger partial charge in [-0.2, -0.15) is 0 Å². The van der Waals surface area contributed by atoms with Crippen LogP contribution in [0.15, 0.2) is 36.9 Å². The molecule has 0 saturated carbocycles. The van der Waals surface area contributed by atoms with Crippen molar-refractivity contribution >= 4 is 0 Å². The van der Waals surface area contributed by atoms with Crippen molar-refractivity contribution in [1.29, 1.82) is 0 Å². The van der Waals surface area contributed by atoms with E-state index >= 15 is 0 Å². The summed E-state index contributed by atoms with van der Waals surface area (Å²) in [4.78, 5) is 3.94. The molecule has 4 heteroatoms. The topological polar surface area (TPSA) is 43.8 Å². The van der Waals surface area contributed by atoms with Crippen LogP contribution in [-0.2, 0) is 6.54 Å². The third kappa shape index (κ3) is 3.16. The quantitative estimate of drug-likeness (QED) is 0.791. The van der Waals surface area contributed by atoms with Crippen LogP contribution in [-0.4, -0.2) is 16.1 Å². The summed E-state index contributed by atoms with van der Waals surface area (Å²) in [6.45, 7) is 0.850. The van der Waals surface area contributed by atoms with Crippen LogP contribution in [0, 0.1) is 17.7 Å².